The number of likely N-dealkylation sites (tertiary alicyclic amines) is 1. The second-order valence-corrected chi connectivity index (χ2v) is 5.09. The third kappa shape index (κ3) is 4.66. The highest BCUT2D eigenvalue weighted by Gasteiger charge is 2.26. The van der Waals surface area contributed by atoms with Crippen LogP contribution in [0, 0.1) is 5.92 Å². The largest absolute Gasteiger partial charge is 0.353 e. The van der Waals surface area contributed by atoms with Crippen LogP contribution in [0.2, 0.25) is 0 Å². The Labute approximate surface area is 106 Å². The standard InChI is InChI=1S/C12H22N2O.C2H6/c1-14-8-4-5-10(9-14)12(15)13-11-6-2-3-7-11;1-2/h10-11H,2-9H2,1H3,(H,13,15);1-2H3. The third-order valence-corrected chi connectivity index (χ3v) is 3.70. The summed E-state index contributed by atoms with van der Waals surface area (Å²) in [5.41, 5.74) is 0. The van der Waals surface area contributed by atoms with E-state index in [0.29, 0.717) is 11.9 Å². The predicted molar refractivity (Wildman–Crippen MR) is 72.0 cm³/mol. The lowest BCUT2D eigenvalue weighted by Gasteiger charge is -2.29. The van der Waals surface area contributed by atoms with Crippen LogP contribution in [0.25, 0.3) is 0 Å². The molecule has 0 aromatic heterocycles. The van der Waals surface area contributed by atoms with Crippen molar-refractivity contribution in [2.45, 2.75) is 58.4 Å². The summed E-state index contributed by atoms with van der Waals surface area (Å²) in [5.74, 6) is 0.540. The Kier molecular flexibility index (Phi) is 6.56. The Hall–Kier alpha value is -0.570. The first kappa shape index (κ1) is 14.5. The topological polar surface area (TPSA) is 32.3 Å². The average Bonchev–Trinajstić information content (AvgIpc) is 2.84. The zero-order valence-corrected chi connectivity index (χ0v) is 11.7. The van der Waals surface area contributed by atoms with Gasteiger partial charge in [-0.1, -0.05) is 26.7 Å². The van der Waals surface area contributed by atoms with Crippen LogP contribution in [0.4, 0.5) is 0 Å². The Morgan fingerprint density at radius 2 is 1.76 bits per heavy atom. The van der Waals surface area contributed by atoms with Crippen molar-refractivity contribution >= 4 is 5.91 Å². The van der Waals surface area contributed by atoms with Crippen molar-refractivity contribution in [2.24, 2.45) is 5.92 Å². The summed E-state index contributed by atoms with van der Waals surface area (Å²) in [4.78, 5) is 14.2. The molecule has 1 saturated heterocycles. The second-order valence-electron chi connectivity index (χ2n) is 5.09. The highest BCUT2D eigenvalue weighted by Crippen LogP contribution is 2.20. The zero-order valence-electron chi connectivity index (χ0n) is 11.7. The van der Waals surface area contributed by atoms with E-state index in [9.17, 15) is 4.79 Å². The van der Waals surface area contributed by atoms with Gasteiger partial charge in [-0.25, -0.2) is 0 Å². The van der Waals surface area contributed by atoms with Crippen LogP contribution in [-0.4, -0.2) is 37.0 Å². The van der Waals surface area contributed by atoms with Gasteiger partial charge in [-0.2, -0.15) is 0 Å². The maximum Gasteiger partial charge on any atom is 0.224 e. The number of carbonyl (C=O) groups excluding carboxylic acids is 1. The van der Waals surface area contributed by atoms with E-state index in [2.05, 4.69) is 17.3 Å². The van der Waals surface area contributed by atoms with Crippen LogP contribution in [0.3, 0.4) is 0 Å². The maximum absolute atomic E-state index is 12.0. The summed E-state index contributed by atoms with van der Waals surface area (Å²) in [6.45, 7) is 6.09. The van der Waals surface area contributed by atoms with Crippen molar-refractivity contribution in [1.82, 2.24) is 10.2 Å². The first-order valence-electron chi connectivity index (χ1n) is 7.24. The molecule has 1 unspecified atom stereocenters. The number of carbonyl (C=O) groups is 1. The molecule has 17 heavy (non-hydrogen) atoms. The molecule has 1 atom stereocenters. The van der Waals surface area contributed by atoms with Crippen LogP contribution in [0.5, 0.6) is 0 Å². The molecule has 100 valence electrons. The number of hydrogen-bond acceptors (Lipinski definition) is 2. The Morgan fingerprint density at radius 3 is 2.35 bits per heavy atom. The van der Waals surface area contributed by atoms with Crippen molar-refractivity contribution in [3.63, 3.8) is 0 Å². The first-order valence-corrected chi connectivity index (χ1v) is 7.24. The fourth-order valence-corrected chi connectivity index (χ4v) is 2.77. The summed E-state index contributed by atoms with van der Waals surface area (Å²) >= 11 is 0. The molecule has 1 aliphatic carbocycles. The van der Waals surface area contributed by atoms with E-state index in [1.54, 1.807) is 0 Å². The number of piperidine rings is 1. The summed E-state index contributed by atoms with van der Waals surface area (Å²) in [6.07, 6.45) is 7.19. The molecule has 1 N–H and O–H groups in total. The smallest absolute Gasteiger partial charge is 0.224 e. The van der Waals surface area contributed by atoms with Gasteiger partial charge in [-0.3, -0.25) is 4.79 Å². The number of rotatable bonds is 2. The lowest BCUT2D eigenvalue weighted by Crippen LogP contribution is -2.44. The Balaban J connectivity index is 0.000000686. The van der Waals surface area contributed by atoms with Gasteiger partial charge in [0.1, 0.15) is 0 Å². The average molecular weight is 240 g/mol. The molecule has 1 amide bonds. The molecule has 0 radical (unpaired) electrons. The molecule has 1 heterocycles. The van der Waals surface area contributed by atoms with Gasteiger partial charge in [0, 0.05) is 12.6 Å². The van der Waals surface area contributed by atoms with Gasteiger partial charge >= 0.3 is 0 Å². The van der Waals surface area contributed by atoms with Gasteiger partial charge in [-0.05, 0) is 39.3 Å². The molecule has 3 nitrogen and oxygen atoms in total. The van der Waals surface area contributed by atoms with Crippen LogP contribution in [-0.2, 0) is 4.79 Å². The van der Waals surface area contributed by atoms with Crippen LogP contribution in [0.15, 0.2) is 0 Å². The predicted octanol–water partition coefficient (Wildman–Crippen LogP) is 2.41. The van der Waals surface area contributed by atoms with Gasteiger partial charge in [0.25, 0.3) is 0 Å². The minimum absolute atomic E-state index is 0.240. The van der Waals surface area contributed by atoms with E-state index in [1.807, 2.05) is 13.8 Å². The van der Waals surface area contributed by atoms with Gasteiger partial charge in [0.2, 0.25) is 5.91 Å². The Bertz CT molecular complexity index is 224. The van der Waals surface area contributed by atoms with Crippen LogP contribution in [0.1, 0.15) is 52.4 Å². The molecule has 2 rings (SSSR count). The van der Waals surface area contributed by atoms with E-state index in [4.69, 9.17) is 0 Å². The summed E-state index contributed by atoms with van der Waals surface area (Å²) in [7, 11) is 2.11. The molecular weight excluding hydrogens is 212 g/mol. The van der Waals surface area contributed by atoms with Crippen molar-refractivity contribution in [2.75, 3.05) is 20.1 Å². The molecule has 2 aliphatic rings. The lowest BCUT2D eigenvalue weighted by molar-refractivity contribution is -0.127. The molecule has 0 aromatic rings. The van der Waals surface area contributed by atoms with Crippen molar-refractivity contribution < 1.29 is 4.79 Å². The number of nitrogens with one attached hydrogen (secondary N) is 1. The molecule has 1 aliphatic heterocycles. The van der Waals surface area contributed by atoms with E-state index >= 15 is 0 Å². The molecule has 3 heteroatoms. The molecule has 0 bridgehead atoms. The minimum atomic E-state index is 0.240. The van der Waals surface area contributed by atoms with Crippen molar-refractivity contribution in [3.8, 4) is 0 Å². The van der Waals surface area contributed by atoms with Crippen LogP contribution < -0.4 is 5.32 Å². The van der Waals surface area contributed by atoms with Gasteiger partial charge in [0.05, 0.1) is 5.92 Å². The van der Waals surface area contributed by atoms with Gasteiger partial charge in [0.15, 0.2) is 0 Å². The highest BCUT2D eigenvalue weighted by atomic mass is 16.2. The molecular formula is C14H28N2O. The van der Waals surface area contributed by atoms with E-state index in [-0.39, 0.29) is 5.92 Å². The number of nitrogens with zero attached hydrogens (tertiary/aromatic N) is 1. The fraction of sp³-hybridized carbons (Fsp3) is 0.929. The lowest BCUT2D eigenvalue weighted by atomic mass is 9.97. The summed E-state index contributed by atoms with van der Waals surface area (Å²) in [5, 5.41) is 3.20. The third-order valence-electron chi connectivity index (χ3n) is 3.70. The monoisotopic (exact) mass is 240 g/mol. The van der Waals surface area contributed by atoms with E-state index < -0.39 is 0 Å². The van der Waals surface area contributed by atoms with Crippen LogP contribution >= 0.6 is 0 Å². The van der Waals surface area contributed by atoms with E-state index in [1.165, 1.54) is 32.1 Å². The quantitative estimate of drug-likeness (QED) is 0.804. The highest BCUT2D eigenvalue weighted by molar-refractivity contribution is 5.79. The first-order chi connectivity index (χ1) is 8.25. The molecule has 2 fully saturated rings. The van der Waals surface area contributed by atoms with E-state index in [0.717, 1.165) is 19.5 Å². The van der Waals surface area contributed by atoms with Crippen molar-refractivity contribution in [3.05, 3.63) is 0 Å². The number of hydrogen-bond donors (Lipinski definition) is 1. The summed E-state index contributed by atoms with van der Waals surface area (Å²) in [6, 6.07) is 0.477. The normalized spacial score (nSPS) is 26.2. The van der Waals surface area contributed by atoms with Crippen molar-refractivity contribution in [1.29, 1.82) is 0 Å². The summed E-state index contributed by atoms with van der Waals surface area (Å²) < 4.78 is 0. The SMILES string of the molecule is CC.CN1CCCC(C(=O)NC2CCCC2)C1. The molecule has 0 spiro atoms. The number of amides is 1. The second kappa shape index (κ2) is 7.70. The van der Waals surface area contributed by atoms with Gasteiger partial charge < -0.3 is 10.2 Å². The molecule has 1 saturated carbocycles. The fourth-order valence-electron chi connectivity index (χ4n) is 2.77. The molecule has 0 aromatic carbocycles. The zero-order chi connectivity index (χ0) is 12.7. The minimum Gasteiger partial charge on any atom is -0.353 e. The maximum atomic E-state index is 12.0. The van der Waals surface area contributed by atoms with Gasteiger partial charge in [-0.15, -0.1) is 0 Å². The Morgan fingerprint density at radius 1 is 1.12 bits per heavy atom.